The highest BCUT2D eigenvalue weighted by atomic mass is 14.7. The maximum absolute atomic E-state index is 4.57. The molecule has 0 unspecified atom stereocenters. The molecule has 1 aromatic heterocycles. The number of nitrogens with zero attached hydrogens (tertiary/aromatic N) is 1. The number of benzene rings is 2. The summed E-state index contributed by atoms with van der Waals surface area (Å²) in [6.07, 6.45) is 3.98. The molecule has 116 valence electrons. The van der Waals surface area contributed by atoms with Crippen LogP contribution in [0.3, 0.4) is 0 Å². The van der Waals surface area contributed by atoms with Crippen LogP contribution in [0.2, 0.25) is 0 Å². The van der Waals surface area contributed by atoms with Crippen LogP contribution in [0.4, 0.5) is 0 Å². The molecule has 0 N–H and O–H groups in total. The molecule has 3 rings (SSSR count). The van der Waals surface area contributed by atoms with Gasteiger partial charge in [-0.1, -0.05) is 62.4 Å². The van der Waals surface area contributed by atoms with Crippen molar-refractivity contribution < 1.29 is 0 Å². The Balaban J connectivity index is 1.85. The molecule has 0 amide bonds. The molecule has 0 bridgehead atoms. The second-order valence-electron chi connectivity index (χ2n) is 6.51. The van der Waals surface area contributed by atoms with Crippen molar-refractivity contribution in [2.24, 2.45) is 5.92 Å². The summed E-state index contributed by atoms with van der Waals surface area (Å²) in [4.78, 5) is 4.57. The summed E-state index contributed by atoms with van der Waals surface area (Å²) in [6.45, 7) is 4.50. The summed E-state index contributed by atoms with van der Waals surface area (Å²) in [7, 11) is 0. The molecule has 0 spiro atoms. The van der Waals surface area contributed by atoms with Crippen molar-refractivity contribution in [2.45, 2.75) is 26.7 Å². The fraction of sp³-hybridized carbons (Fsp3) is 0.227. The third-order valence-corrected chi connectivity index (χ3v) is 3.94. The van der Waals surface area contributed by atoms with Gasteiger partial charge in [-0.25, -0.2) is 0 Å². The van der Waals surface area contributed by atoms with E-state index in [1.807, 2.05) is 6.20 Å². The maximum atomic E-state index is 4.57. The topological polar surface area (TPSA) is 12.9 Å². The molecule has 1 heteroatoms. The van der Waals surface area contributed by atoms with E-state index >= 15 is 0 Å². The van der Waals surface area contributed by atoms with Gasteiger partial charge in [0.15, 0.2) is 0 Å². The van der Waals surface area contributed by atoms with E-state index in [4.69, 9.17) is 0 Å². The fourth-order valence-electron chi connectivity index (χ4n) is 2.90. The van der Waals surface area contributed by atoms with Crippen molar-refractivity contribution in [3.63, 3.8) is 0 Å². The van der Waals surface area contributed by atoms with Crippen LogP contribution in [-0.4, -0.2) is 4.98 Å². The normalized spacial score (nSPS) is 10.9. The number of rotatable bonds is 5. The maximum Gasteiger partial charge on any atom is 0.0704 e. The molecule has 2 aromatic carbocycles. The second kappa shape index (κ2) is 7.23. The summed E-state index contributed by atoms with van der Waals surface area (Å²) in [5.41, 5.74) is 6.29. The molecule has 0 aliphatic rings. The quantitative estimate of drug-likeness (QED) is 0.603. The fourth-order valence-corrected chi connectivity index (χ4v) is 2.90. The van der Waals surface area contributed by atoms with Crippen LogP contribution < -0.4 is 0 Å². The highest BCUT2D eigenvalue weighted by Gasteiger charge is 2.04. The van der Waals surface area contributed by atoms with Crippen LogP contribution in [0.15, 0.2) is 72.9 Å². The zero-order chi connectivity index (χ0) is 16.1. The largest absolute Gasteiger partial charge is 0.256 e. The van der Waals surface area contributed by atoms with Gasteiger partial charge in [-0.15, -0.1) is 0 Å². The van der Waals surface area contributed by atoms with Crippen LogP contribution in [-0.2, 0) is 12.8 Å². The lowest BCUT2D eigenvalue weighted by molar-refractivity contribution is 0.647. The summed E-state index contributed by atoms with van der Waals surface area (Å²) in [5, 5.41) is 0. The first-order valence-electron chi connectivity index (χ1n) is 8.29. The van der Waals surface area contributed by atoms with Crippen molar-refractivity contribution in [3.8, 4) is 11.3 Å². The first-order valence-corrected chi connectivity index (χ1v) is 8.29. The molecule has 1 heterocycles. The molecule has 0 aliphatic heterocycles. The van der Waals surface area contributed by atoms with E-state index in [1.54, 1.807) is 0 Å². The van der Waals surface area contributed by atoms with E-state index < -0.39 is 0 Å². The van der Waals surface area contributed by atoms with E-state index in [9.17, 15) is 0 Å². The van der Waals surface area contributed by atoms with E-state index in [1.165, 1.54) is 22.3 Å². The highest BCUT2D eigenvalue weighted by Crippen LogP contribution is 2.21. The SMILES string of the molecule is CC(C)Cc1ccnc(-c2cccc(Cc3ccccc3)c2)c1. The van der Waals surface area contributed by atoms with Crippen molar-refractivity contribution >= 4 is 0 Å². The van der Waals surface area contributed by atoms with Crippen LogP contribution >= 0.6 is 0 Å². The monoisotopic (exact) mass is 301 g/mol. The Morgan fingerprint density at radius 2 is 1.57 bits per heavy atom. The third-order valence-electron chi connectivity index (χ3n) is 3.94. The summed E-state index contributed by atoms with van der Waals surface area (Å²) >= 11 is 0. The average Bonchev–Trinajstić information content (AvgIpc) is 2.56. The van der Waals surface area contributed by atoms with Gasteiger partial charge in [0.25, 0.3) is 0 Å². The molecule has 1 nitrogen and oxygen atoms in total. The Morgan fingerprint density at radius 3 is 2.35 bits per heavy atom. The van der Waals surface area contributed by atoms with Crippen molar-refractivity contribution in [3.05, 3.63) is 89.6 Å². The van der Waals surface area contributed by atoms with Crippen LogP contribution in [0.1, 0.15) is 30.5 Å². The molecule has 0 saturated heterocycles. The molecule has 0 fully saturated rings. The Morgan fingerprint density at radius 1 is 0.783 bits per heavy atom. The Hall–Kier alpha value is -2.41. The number of hydrogen-bond acceptors (Lipinski definition) is 1. The number of aromatic nitrogens is 1. The van der Waals surface area contributed by atoms with Crippen molar-refractivity contribution in [1.29, 1.82) is 0 Å². The van der Waals surface area contributed by atoms with E-state index in [-0.39, 0.29) is 0 Å². The zero-order valence-corrected chi connectivity index (χ0v) is 13.9. The predicted molar refractivity (Wildman–Crippen MR) is 97.5 cm³/mol. The van der Waals surface area contributed by atoms with Crippen molar-refractivity contribution in [2.75, 3.05) is 0 Å². The minimum Gasteiger partial charge on any atom is -0.256 e. The zero-order valence-electron chi connectivity index (χ0n) is 13.9. The van der Waals surface area contributed by atoms with Crippen LogP contribution in [0, 0.1) is 5.92 Å². The van der Waals surface area contributed by atoms with E-state index in [2.05, 4.69) is 85.6 Å². The lowest BCUT2D eigenvalue weighted by Gasteiger charge is -2.09. The molecule has 0 atom stereocenters. The minimum atomic E-state index is 0.662. The van der Waals surface area contributed by atoms with Crippen LogP contribution in [0.25, 0.3) is 11.3 Å². The van der Waals surface area contributed by atoms with Gasteiger partial charge >= 0.3 is 0 Å². The third kappa shape index (κ3) is 4.29. The summed E-state index contributed by atoms with van der Waals surface area (Å²) in [6, 6.07) is 23.7. The number of pyridine rings is 1. The predicted octanol–water partition coefficient (Wildman–Crippen LogP) is 5.54. The van der Waals surface area contributed by atoms with E-state index in [0.717, 1.165) is 18.5 Å². The van der Waals surface area contributed by atoms with Gasteiger partial charge in [0.1, 0.15) is 0 Å². The molecule has 0 aliphatic carbocycles. The Labute approximate surface area is 139 Å². The average molecular weight is 301 g/mol. The van der Waals surface area contributed by atoms with Gasteiger partial charge in [0.05, 0.1) is 5.69 Å². The van der Waals surface area contributed by atoms with E-state index in [0.29, 0.717) is 5.92 Å². The molecular weight excluding hydrogens is 278 g/mol. The smallest absolute Gasteiger partial charge is 0.0704 e. The first-order chi connectivity index (χ1) is 11.2. The van der Waals surface area contributed by atoms with Crippen LogP contribution in [0.5, 0.6) is 0 Å². The van der Waals surface area contributed by atoms with Gasteiger partial charge in [0.2, 0.25) is 0 Å². The van der Waals surface area contributed by atoms with Gasteiger partial charge < -0.3 is 0 Å². The molecule has 3 aromatic rings. The lowest BCUT2D eigenvalue weighted by Crippen LogP contribution is -1.95. The Bertz CT molecular complexity index is 760. The van der Waals surface area contributed by atoms with Crippen molar-refractivity contribution in [1.82, 2.24) is 4.98 Å². The molecule has 23 heavy (non-hydrogen) atoms. The first kappa shape index (κ1) is 15.5. The molecular formula is C22H23N. The molecule has 0 radical (unpaired) electrons. The Kier molecular flexibility index (Phi) is 4.87. The van der Waals surface area contributed by atoms with Gasteiger partial charge in [-0.05, 0) is 53.6 Å². The second-order valence-corrected chi connectivity index (χ2v) is 6.51. The highest BCUT2D eigenvalue weighted by molar-refractivity contribution is 5.61. The lowest BCUT2D eigenvalue weighted by atomic mass is 9.99. The number of hydrogen-bond donors (Lipinski definition) is 0. The van der Waals surface area contributed by atoms with Gasteiger partial charge in [-0.3, -0.25) is 4.98 Å². The van der Waals surface area contributed by atoms with Gasteiger partial charge in [-0.2, -0.15) is 0 Å². The summed E-state index contributed by atoms with van der Waals surface area (Å²) < 4.78 is 0. The van der Waals surface area contributed by atoms with Gasteiger partial charge in [0, 0.05) is 11.8 Å². The summed E-state index contributed by atoms with van der Waals surface area (Å²) in [5.74, 6) is 0.662. The molecule has 0 saturated carbocycles. The minimum absolute atomic E-state index is 0.662. The standard InChI is InChI=1S/C22H23N/c1-17(2)13-20-11-12-23-22(16-20)21-10-6-9-19(15-21)14-18-7-4-3-5-8-18/h3-12,15-17H,13-14H2,1-2H3.